The molecular formula is C7H6BrClNO2+. The SMILES string of the molecule is COc1ccc(Cl)c(Br)c1[NH+]=O. The lowest BCUT2D eigenvalue weighted by atomic mass is 10.3. The van der Waals surface area contributed by atoms with Gasteiger partial charge >= 0.3 is 5.69 Å². The van der Waals surface area contributed by atoms with Gasteiger partial charge in [0.1, 0.15) is 4.47 Å². The fourth-order valence-electron chi connectivity index (χ4n) is 0.798. The molecule has 0 atom stereocenters. The molecule has 12 heavy (non-hydrogen) atoms. The van der Waals surface area contributed by atoms with Gasteiger partial charge in [0.05, 0.1) is 12.1 Å². The highest BCUT2D eigenvalue weighted by Crippen LogP contribution is 2.34. The Balaban J connectivity index is 3.35. The summed E-state index contributed by atoms with van der Waals surface area (Å²) >= 11 is 8.90. The molecule has 0 bridgehead atoms. The van der Waals surface area contributed by atoms with Gasteiger partial charge < -0.3 is 4.74 Å². The molecule has 0 heterocycles. The summed E-state index contributed by atoms with van der Waals surface area (Å²) in [4.78, 5) is 10.5. The summed E-state index contributed by atoms with van der Waals surface area (Å²) in [6, 6.07) is 3.26. The first-order valence-corrected chi connectivity index (χ1v) is 4.28. The number of nitroso groups, excluding NO2 is 1. The van der Waals surface area contributed by atoms with E-state index in [2.05, 4.69) is 15.9 Å². The zero-order valence-corrected chi connectivity index (χ0v) is 8.57. The molecule has 5 heteroatoms. The Hall–Kier alpha value is -0.610. The zero-order valence-electron chi connectivity index (χ0n) is 6.23. The van der Waals surface area contributed by atoms with Gasteiger partial charge in [-0.05, 0) is 28.1 Å². The van der Waals surface area contributed by atoms with Crippen LogP contribution in [0, 0.1) is 4.91 Å². The van der Waals surface area contributed by atoms with Crippen LogP contribution >= 0.6 is 27.5 Å². The molecule has 64 valence electrons. The highest BCUT2D eigenvalue weighted by molar-refractivity contribution is 9.10. The quantitative estimate of drug-likeness (QED) is 0.867. The van der Waals surface area contributed by atoms with E-state index in [4.69, 9.17) is 16.3 Å². The fraction of sp³-hybridized carbons (Fsp3) is 0.143. The van der Waals surface area contributed by atoms with Gasteiger partial charge in [-0.1, -0.05) is 11.6 Å². The Morgan fingerprint density at radius 3 is 2.75 bits per heavy atom. The summed E-state index contributed by atoms with van der Waals surface area (Å²) < 4.78 is 5.43. The summed E-state index contributed by atoms with van der Waals surface area (Å²) in [5, 5.41) is 2.22. The van der Waals surface area contributed by atoms with Crippen LogP contribution in [0.1, 0.15) is 0 Å². The summed E-state index contributed by atoms with van der Waals surface area (Å²) in [7, 11) is 1.48. The number of nitrogens with one attached hydrogen (secondary N) is 1. The lowest BCUT2D eigenvalue weighted by Gasteiger charge is -2.00. The topological polar surface area (TPSA) is 40.3 Å². The standard InChI is InChI=1S/C7H5BrClNO2/c1-12-5-3-2-4(9)6(8)7(5)10-11/h2-3H,1H3/p+1. The highest BCUT2D eigenvalue weighted by Gasteiger charge is 2.16. The first-order valence-electron chi connectivity index (χ1n) is 3.11. The second kappa shape index (κ2) is 3.87. The number of benzene rings is 1. The predicted octanol–water partition coefficient (Wildman–Crippen LogP) is 1.59. The third kappa shape index (κ3) is 1.59. The van der Waals surface area contributed by atoms with Crippen molar-refractivity contribution in [3.05, 3.63) is 26.5 Å². The molecule has 1 aromatic rings. The van der Waals surface area contributed by atoms with Crippen LogP contribution in [-0.4, -0.2) is 7.11 Å². The minimum Gasteiger partial charge on any atom is -0.490 e. The molecule has 1 N–H and O–H groups in total. The van der Waals surface area contributed by atoms with E-state index in [1.165, 1.54) is 7.11 Å². The number of halogens is 2. The van der Waals surface area contributed by atoms with Crippen molar-refractivity contribution in [1.29, 1.82) is 0 Å². The monoisotopic (exact) mass is 250 g/mol. The maximum absolute atomic E-state index is 10.5. The molecule has 0 saturated heterocycles. The smallest absolute Gasteiger partial charge is 0.310 e. The first kappa shape index (κ1) is 9.48. The van der Waals surface area contributed by atoms with E-state index in [0.29, 0.717) is 20.9 Å². The van der Waals surface area contributed by atoms with Gasteiger partial charge in [-0.3, -0.25) is 0 Å². The number of methoxy groups -OCH3 is 1. The van der Waals surface area contributed by atoms with Crippen molar-refractivity contribution in [1.82, 2.24) is 0 Å². The van der Waals surface area contributed by atoms with Crippen LogP contribution in [0.5, 0.6) is 5.75 Å². The molecule has 0 saturated carbocycles. The molecule has 0 unspecified atom stereocenters. The molecule has 0 amide bonds. The second-order valence-corrected chi connectivity index (χ2v) is 3.24. The molecule has 1 rings (SSSR count). The van der Waals surface area contributed by atoms with Crippen molar-refractivity contribution in [3.8, 4) is 5.75 Å². The van der Waals surface area contributed by atoms with Gasteiger partial charge in [-0.2, -0.15) is 0 Å². The summed E-state index contributed by atoms with van der Waals surface area (Å²) in [6.45, 7) is 0. The van der Waals surface area contributed by atoms with Gasteiger partial charge in [0, 0.05) is 10.1 Å². The van der Waals surface area contributed by atoms with Crippen molar-refractivity contribution in [2.45, 2.75) is 0 Å². The fourth-order valence-corrected chi connectivity index (χ4v) is 1.36. The van der Waals surface area contributed by atoms with Crippen LogP contribution in [0.25, 0.3) is 0 Å². The third-order valence-corrected chi connectivity index (χ3v) is 2.75. The van der Waals surface area contributed by atoms with E-state index in [9.17, 15) is 4.91 Å². The normalized spacial score (nSPS) is 9.58. The van der Waals surface area contributed by atoms with E-state index >= 15 is 0 Å². The zero-order chi connectivity index (χ0) is 9.14. The van der Waals surface area contributed by atoms with Crippen molar-refractivity contribution in [2.24, 2.45) is 0 Å². The predicted molar refractivity (Wildman–Crippen MR) is 49.7 cm³/mol. The van der Waals surface area contributed by atoms with Crippen LogP contribution < -0.4 is 9.91 Å². The molecule has 3 nitrogen and oxygen atoms in total. The highest BCUT2D eigenvalue weighted by atomic mass is 79.9. The molecule has 0 aliphatic heterocycles. The second-order valence-electron chi connectivity index (χ2n) is 2.04. The molecule has 0 aromatic heterocycles. The molecule has 0 spiro atoms. The molecule has 0 radical (unpaired) electrons. The van der Waals surface area contributed by atoms with E-state index in [-0.39, 0.29) is 0 Å². The van der Waals surface area contributed by atoms with Crippen molar-refractivity contribution < 1.29 is 9.91 Å². The number of hydrogen-bond donors (Lipinski definition) is 1. The van der Waals surface area contributed by atoms with E-state index < -0.39 is 0 Å². The van der Waals surface area contributed by atoms with Crippen LogP contribution in [0.3, 0.4) is 0 Å². The summed E-state index contributed by atoms with van der Waals surface area (Å²) in [5.74, 6) is 0.460. The number of rotatable bonds is 2. The Morgan fingerprint density at radius 1 is 1.58 bits per heavy atom. The Kier molecular flexibility index (Phi) is 3.05. The molecule has 0 fully saturated rings. The van der Waals surface area contributed by atoms with Crippen LogP contribution in [0.4, 0.5) is 5.69 Å². The van der Waals surface area contributed by atoms with Gasteiger partial charge in [-0.25, -0.2) is 0 Å². The van der Waals surface area contributed by atoms with Crippen molar-refractivity contribution >= 4 is 33.2 Å². The first-order chi connectivity index (χ1) is 5.70. The van der Waals surface area contributed by atoms with E-state index in [1.54, 1.807) is 17.3 Å². The molecule has 0 aliphatic rings. The molecule has 1 aromatic carbocycles. The van der Waals surface area contributed by atoms with Gasteiger partial charge in [-0.15, -0.1) is 0 Å². The maximum Gasteiger partial charge on any atom is 0.310 e. The Bertz CT molecular complexity index is 317. The van der Waals surface area contributed by atoms with Crippen LogP contribution in [0.2, 0.25) is 5.02 Å². The third-order valence-electron chi connectivity index (χ3n) is 1.38. The molecule has 0 aliphatic carbocycles. The molecular weight excluding hydrogens is 245 g/mol. The van der Waals surface area contributed by atoms with Crippen LogP contribution in [-0.2, 0) is 0 Å². The van der Waals surface area contributed by atoms with E-state index in [1.807, 2.05) is 0 Å². The van der Waals surface area contributed by atoms with Gasteiger partial charge in [0.15, 0.2) is 5.75 Å². The van der Waals surface area contributed by atoms with E-state index in [0.717, 1.165) is 0 Å². The van der Waals surface area contributed by atoms with Crippen molar-refractivity contribution in [3.63, 3.8) is 0 Å². The number of ether oxygens (including phenoxy) is 1. The minimum atomic E-state index is 0.310. The summed E-state index contributed by atoms with van der Waals surface area (Å²) in [6.07, 6.45) is 0. The summed E-state index contributed by atoms with van der Waals surface area (Å²) in [5.41, 5.74) is 0.310. The average molecular weight is 251 g/mol. The van der Waals surface area contributed by atoms with Gasteiger partial charge in [0.2, 0.25) is 0 Å². The van der Waals surface area contributed by atoms with Gasteiger partial charge in [0.25, 0.3) is 0 Å². The largest absolute Gasteiger partial charge is 0.490 e. The van der Waals surface area contributed by atoms with Crippen LogP contribution in [0.15, 0.2) is 16.6 Å². The maximum atomic E-state index is 10.5. The lowest BCUT2D eigenvalue weighted by Crippen LogP contribution is -2.56. The Labute approximate surface area is 82.8 Å². The van der Waals surface area contributed by atoms with Crippen molar-refractivity contribution in [2.75, 3.05) is 7.11 Å². The number of hydrogen-bond acceptors (Lipinski definition) is 2. The minimum absolute atomic E-state index is 0.310. The lowest BCUT2D eigenvalue weighted by molar-refractivity contribution is -0.381. The average Bonchev–Trinajstić information content (AvgIpc) is 2.09. The Morgan fingerprint density at radius 2 is 2.25 bits per heavy atom.